The molecule has 19 heteroatoms. The van der Waals surface area contributed by atoms with Gasteiger partial charge in [-0.2, -0.15) is 55.4 Å². The fourth-order valence-corrected chi connectivity index (χ4v) is 7.07. The summed E-state index contributed by atoms with van der Waals surface area (Å²) in [6, 6.07) is 0. The summed E-state index contributed by atoms with van der Waals surface area (Å²) in [6.07, 6.45) is 33.5. The van der Waals surface area contributed by atoms with Crippen molar-refractivity contribution in [1.82, 2.24) is 0 Å². The number of hydrogen-bond donors (Lipinski definition) is 14. The average Bonchev–Trinajstić information content (AvgIpc) is 3.25. The number of aliphatic hydroxyl groups is 8. The molecule has 0 spiro atoms. The van der Waals surface area contributed by atoms with Gasteiger partial charge in [0.05, 0.1) is 46.2 Å². The molecule has 0 saturated carbocycles. The van der Waals surface area contributed by atoms with Gasteiger partial charge in [-0.05, 0) is 25.7 Å². The predicted octanol–water partition coefficient (Wildman–Crippen LogP) is 6.95. The Morgan fingerprint density at radius 3 is 0.952 bits per heavy atom. The summed E-state index contributed by atoms with van der Waals surface area (Å²) in [6.45, 7) is 2.53. The third-order valence-corrected chi connectivity index (χ3v) is 11.3. The number of ether oxygens (including phenoxy) is 3. The molecule has 0 amide bonds. The second kappa shape index (κ2) is 50.2. The maximum Gasteiger partial charge on any atom is 0.373 e. The maximum absolute atomic E-state index is 10.4. The number of carbonyl (C=O) groups is 1. The Balaban J connectivity index is -0.00000112. The van der Waals surface area contributed by atoms with Crippen LogP contribution in [0.4, 0.5) is 0 Å². The number of aliphatic carboxylic acids is 1. The molecule has 0 saturated heterocycles. The van der Waals surface area contributed by atoms with Gasteiger partial charge in [0.1, 0.15) is 12.2 Å². The molecule has 0 fully saturated rings. The van der Waals surface area contributed by atoms with Crippen LogP contribution in [0.15, 0.2) is 0 Å². The summed E-state index contributed by atoms with van der Waals surface area (Å²) in [5.41, 5.74) is 0. The summed E-state index contributed by atoms with van der Waals surface area (Å²) in [7, 11) is 0. The minimum absolute atomic E-state index is 0.0417. The smallest absolute Gasteiger partial charge is 0.373 e. The Morgan fingerprint density at radius 1 is 0.444 bits per heavy atom. The Morgan fingerprint density at radius 2 is 0.714 bits per heavy atom. The topological polar surface area (TPSA) is 256 Å². The van der Waals surface area contributed by atoms with Crippen LogP contribution in [0.1, 0.15) is 180 Å². The zero-order valence-corrected chi connectivity index (χ0v) is 41.9. The SMILES string of the molecule is O=C(O)C(O)(OO)C(O)(O)C(O)C(O)CO.OCCOCCOCCO.SC(S)CCCCCCCCCCCCCCCOCCCCCCCCCCCCCCCC(S)S. The molecular weight excluding hydrogens is 897 g/mol. The van der Waals surface area contributed by atoms with Gasteiger partial charge in [-0.25, -0.2) is 10.1 Å². The lowest BCUT2D eigenvalue weighted by atomic mass is 9.96. The third kappa shape index (κ3) is 44.6. The second-order valence-electron chi connectivity index (χ2n) is 16.0. The van der Waals surface area contributed by atoms with E-state index in [9.17, 15) is 4.79 Å². The van der Waals surface area contributed by atoms with E-state index in [1.165, 1.54) is 167 Å². The summed E-state index contributed by atoms with van der Waals surface area (Å²) in [5, 5.41) is 86.4. The average molecular weight is 989 g/mol. The summed E-state index contributed by atoms with van der Waals surface area (Å²) in [4.78, 5) is 13.4. The van der Waals surface area contributed by atoms with Crippen molar-refractivity contribution in [1.29, 1.82) is 0 Å². The molecule has 10 N–H and O–H groups in total. The van der Waals surface area contributed by atoms with Crippen molar-refractivity contribution in [3.8, 4) is 0 Å². The molecule has 0 aliphatic rings. The highest BCUT2D eigenvalue weighted by Crippen LogP contribution is 2.27. The minimum atomic E-state index is -4.00. The monoisotopic (exact) mass is 989 g/mol. The standard InChI is InChI=1S/C32H66OS4.C6H12O10.C6H14O4/c34-31(35)27-23-19-15-11-7-3-1-5-9-13-17-21-25-29-33-30-26-22-18-14-10-6-2-4-8-12-16-20-24-28-32(36)37;7-1-2(8)3(9)5(12,13)6(14,16-15)4(10)11;7-1-3-9-5-6-10-4-2-8/h31-32,34-37H,1-30H2;2-3,7-9,12-15H,1H2,(H,10,11);7-8H,1-6H2. The molecule has 0 radical (unpaired) electrons. The lowest BCUT2D eigenvalue weighted by Gasteiger charge is -2.37. The van der Waals surface area contributed by atoms with Crippen molar-refractivity contribution in [2.45, 2.75) is 213 Å². The van der Waals surface area contributed by atoms with Crippen LogP contribution in [-0.2, 0) is 23.9 Å². The van der Waals surface area contributed by atoms with Gasteiger partial charge in [0, 0.05) is 22.4 Å². The van der Waals surface area contributed by atoms with E-state index in [1.54, 1.807) is 0 Å². The van der Waals surface area contributed by atoms with Crippen molar-refractivity contribution >= 4 is 56.5 Å². The quantitative estimate of drug-likeness (QED) is 0.00969. The fraction of sp³-hybridized carbons (Fsp3) is 0.977. The first kappa shape index (κ1) is 67.6. The normalized spacial score (nSPS) is 13.6. The molecule has 382 valence electrons. The lowest BCUT2D eigenvalue weighted by molar-refractivity contribution is -0.470. The predicted molar refractivity (Wildman–Crippen MR) is 262 cm³/mol. The molecule has 3 atom stereocenters. The number of unbranched alkanes of at least 4 members (excludes halogenated alkanes) is 24. The zero-order valence-electron chi connectivity index (χ0n) is 38.3. The van der Waals surface area contributed by atoms with Gasteiger partial charge in [-0.3, -0.25) is 0 Å². The highest BCUT2D eigenvalue weighted by Gasteiger charge is 2.63. The molecule has 0 rings (SSSR count). The molecule has 0 aromatic heterocycles. The first-order valence-corrected chi connectivity index (χ1v) is 25.6. The first-order chi connectivity index (χ1) is 30.2. The van der Waals surface area contributed by atoms with E-state index in [0.717, 1.165) is 26.1 Å². The van der Waals surface area contributed by atoms with Gasteiger partial charge in [0.25, 0.3) is 5.79 Å². The van der Waals surface area contributed by atoms with Gasteiger partial charge in [0.15, 0.2) is 0 Å². The Kier molecular flexibility index (Phi) is 53.9. The van der Waals surface area contributed by atoms with Gasteiger partial charge in [0.2, 0.25) is 0 Å². The van der Waals surface area contributed by atoms with Crippen molar-refractivity contribution < 1.29 is 75.1 Å². The van der Waals surface area contributed by atoms with E-state index in [0.29, 0.717) is 26.4 Å². The summed E-state index contributed by atoms with van der Waals surface area (Å²) >= 11 is 17.3. The molecule has 0 heterocycles. The van der Waals surface area contributed by atoms with Crippen LogP contribution in [0.2, 0.25) is 0 Å². The van der Waals surface area contributed by atoms with Crippen LogP contribution < -0.4 is 0 Å². The van der Waals surface area contributed by atoms with E-state index < -0.39 is 36.4 Å². The Labute approximate surface area is 402 Å². The van der Waals surface area contributed by atoms with Crippen molar-refractivity contribution in [3.05, 3.63) is 0 Å². The largest absolute Gasteiger partial charge is 0.477 e. The fourth-order valence-electron chi connectivity index (χ4n) is 6.34. The van der Waals surface area contributed by atoms with Gasteiger partial charge in [-0.1, -0.05) is 154 Å². The molecule has 15 nitrogen and oxygen atoms in total. The van der Waals surface area contributed by atoms with Crippen LogP contribution in [0, 0.1) is 0 Å². The number of rotatable bonds is 45. The van der Waals surface area contributed by atoms with Gasteiger partial charge in [-0.15, -0.1) is 0 Å². The van der Waals surface area contributed by atoms with E-state index in [4.69, 9.17) is 65.4 Å². The van der Waals surface area contributed by atoms with E-state index >= 15 is 0 Å². The summed E-state index contributed by atoms with van der Waals surface area (Å²) < 4.78 is 16.2. The van der Waals surface area contributed by atoms with Gasteiger partial charge < -0.3 is 60.2 Å². The molecular formula is C44H92O15S4. The van der Waals surface area contributed by atoms with Crippen molar-refractivity contribution in [3.63, 3.8) is 0 Å². The molecule has 0 bridgehead atoms. The summed E-state index contributed by atoms with van der Waals surface area (Å²) in [5.74, 6) is -10.4. The number of thiol groups is 4. The molecule has 0 aliphatic heterocycles. The van der Waals surface area contributed by atoms with Gasteiger partial charge >= 0.3 is 11.8 Å². The Hall–Kier alpha value is 0.350. The molecule has 3 unspecified atom stereocenters. The molecule has 0 aromatic rings. The van der Waals surface area contributed by atoms with Crippen LogP contribution in [0.5, 0.6) is 0 Å². The first-order valence-electron chi connectivity index (χ1n) is 23.6. The molecule has 63 heavy (non-hydrogen) atoms. The highest BCUT2D eigenvalue weighted by molar-refractivity contribution is 7.99. The highest BCUT2D eigenvalue weighted by atomic mass is 32.2. The van der Waals surface area contributed by atoms with Crippen LogP contribution in [0.3, 0.4) is 0 Å². The molecule has 0 aliphatic carbocycles. The van der Waals surface area contributed by atoms with Crippen LogP contribution in [0.25, 0.3) is 0 Å². The van der Waals surface area contributed by atoms with E-state index in [2.05, 4.69) is 55.4 Å². The minimum Gasteiger partial charge on any atom is -0.477 e. The maximum atomic E-state index is 10.4. The van der Waals surface area contributed by atoms with Crippen LogP contribution >= 0.6 is 50.5 Å². The number of carboxylic acid groups (broad SMARTS) is 1. The van der Waals surface area contributed by atoms with E-state index in [-0.39, 0.29) is 22.4 Å². The van der Waals surface area contributed by atoms with E-state index in [1.807, 2.05) is 0 Å². The zero-order chi connectivity index (χ0) is 47.9. The Bertz CT molecular complexity index is 887. The van der Waals surface area contributed by atoms with Crippen molar-refractivity contribution in [2.24, 2.45) is 0 Å². The molecule has 0 aromatic carbocycles. The van der Waals surface area contributed by atoms with Crippen molar-refractivity contribution in [2.75, 3.05) is 59.5 Å². The second-order valence-corrected chi connectivity index (χ2v) is 19.3. The number of carboxylic acids is 1. The number of aliphatic hydroxyl groups excluding tert-OH is 5. The third-order valence-electron chi connectivity index (χ3n) is 10.2. The van der Waals surface area contributed by atoms with Crippen LogP contribution in [-0.4, -0.2) is 150 Å². The lowest BCUT2D eigenvalue weighted by Crippen LogP contribution is -2.69. The number of hydrogen-bond acceptors (Lipinski definition) is 18.